The maximum atomic E-state index is 11.7. The molecule has 0 bridgehead atoms. The number of nitro groups is 1. The van der Waals surface area contributed by atoms with E-state index in [1.807, 2.05) is 13.8 Å². The maximum absolute atomic E-state index is 11.7. The van der Waals surface area contributed by atoms with E-state index in [1.54, 1.807) is 19.1 Å². The summed E-state index contributed by atoms with van der Waals surface area (Å²) in [7, 11) is 0. The van der Waals surface area contributed by atoms with E-state index in [1.165, 1.54) is 12.1 Å². The van der Waals surface area contributed by atoms with Gasteiger partial charge in [0.25, 0.3) is 5.69 Å². The van der Waals surface area contributed by atoms with Crippen molar-refractivity contribution in [2.24, 2.45) is 0 Å². The van der Waals surface area contributed by atoms with Gasteiger partial charge in [-0.1, -0.05) is 6.07 Å². The molecule has 0 aliphatic heterocycles. The summed E-state index contributed by atoms with van der Waals surface area (Å²) in [5.74, 6) is -0.142. The quantitative estimate of drug-likeness (QED) is 0.618. The van der Waals surface area contributed by atoms with Crippen molar-refractivity contribution in [3.63, 3.8) is 0 Å². The number of nitrogens with one attached hydrogen (secondary N) is 2. The van der Waals surface area contributed by atoms with Crippen molar-refractivity contribution in [1.29, 1.82) is 0 Å². The lowest BCUT2D eigenvalue weighted by molar-refractivity contribution is -0.384. The fraction of sp³-hybridized carbons (Fsp3) is 0.417. The Balaban J connectivity index is 2.69. The number of benzene rings is 1. The van der Waals surface area contributed by atoms with Crippen molar-refractivity contribution in [3.05, 3.63) is 34.4 Å². The first-order valence-electron chi connectivity index (χ1n) is 5.71. The standard InChI is InChI=1S/C12H17N3O3/c1-8(2)13-12(16)9(3)14-10-5-4-6-11(7-10)15(17)18/h4-9,14H,1-3H3,(H,13,16). The van der Waals surface area contributed by atoms with Crippen LogP contribution in [0.3, 0.4) is 0 Å². The topological polar surface area (TPSA) is 84.3 Å². The molecule has 2 N–H and O–H groups in total. The number of hydrogen-bond acceptors (Lipinski definition) is 4. The molecule has 0 saturated carbocycles. The first kappa shape index (κ1) is 14.0. The van der Waals surface area contributed by atoms with E-state index in [0.717, 1.165) is 0 Å². The van der Waals surface area contributed by atoms with Crippen LogP contribution in [0.15, 0.2) is 24.3 Å². The summed E-state index contributed by atoms with van der Waals surface area (Å²) in [4.78, 5) is 21.8. The first-order chi connectivity index (χ1) is 8.40. The summed E-state index contributed by atoms with van der Waals surface area (Å²) in [6.45, 7) is 5.45. The van der Waals surface area contributed by atoms with Crippen LogP contribution in [0.5, 0.6) is 0 Å². The van der Waals surface area contributed by atoms with Gasteiger partial charge in [0.2, 0.25) is 5.91 Å². The van der Waals surface area contributed by atoms with E-state index < -0.39 is 11.0 Å². The lowest BCUT2D eigenvalue weighted by atomic mass is 10.2. The second-order valence-electron chi connectivity index (χ2n) is 4.34. The van der Waals surface area contributed by atoms with E-state index in [4.69, 9.17) is 0 Å². The fourth-order valence-electron chi connectivity index (χ4n) is 1.43. The van der Waals surface area contributed by atoms with Crippen LogP contribution >= 0.6 is 0 Å². The van der Waals surface area contributed by atoms with Gasteiger partial charge >= 0.3 is 0 Å². The molecule has 0 aliphatic rings. The van der Waals surface area contributed by atoms with Crippen LogP contribution < -0.4 is 10.6 Å². The third-order valence-corrected chi connectivity index (χ3v) is 2.26. The molecule has 0 aliphatic carbocycles. The highest BCUT2D eigenvalue weighted by atomic mass is 16.6. The van der Waals surface area contributed by atoms with E-state index in [0.29, 0.717) is 5.69 Å². The molecular weight excluding hydrogens is 234 g/mol. The minimum absolute atomic E-state index is 0.00327. The largest absolute Gasteiger partial charge is 0.374 e. The Morgan fingerprint density at radius 3 is 2.56 bits per heavy atom. The normalized spacial score (nSPS) is 12.0. The van der Waals surface area contributed by atoms with Crippen molar-refractivity contribution in [2.75, 3.05) is 5.32 Å². The molecule has 0 heterocycles. The summed E-state index contributed by atoms with van der Waals surface area (Å²) in [5, 5.41) is 16.3. The third kappa shape index (κ3) is 4.04. The van der Waals surface area contributed by atoms with Gasteiger partial charge in [0, 0.05) is 23.9 Å². The minimum atomic E-state index is -0.468. The summed E-state index contributed by atoms with van der Waals surface area (Å²) >= 11 is 0. The zero-order chi connectivity index (χ0) is 13.7. The number of rotatable bonds is 5. The number of hydrogen-bond donors (Lipinski definition) is 2. The van der Waals surface area contributed by atoms with Gasteiger partial charge in [-0.05, 0) is 26.8 Å². The van der Waals surface area contributed by atoms with E-state index in [9.17, 15) is 14.9 Å². The second-order valence-corrected chi connectivity index (χ2v) is 4.34. The molecule has 1 atom stereocenters. The van der Waals surface area contributed by atoms with Crippen molar-refractivity contribution < 1.29 is 9.72 Å². The average molecular weight is 251 g/mol. The molecule has 0 spiro atoms. The number of non-ortho nitro benzene ring substituents is 1. The van der Waals surface area contributed by atoms with Gasteiger partial charge in [-0.25, -0.2) is 0 Å². The monoisotopic (exact) mass is 251 g/mol. The maximum Gasteiger partial charge on any atom is 0.271 e. The van der Waals surface area contributed by atoms with Crippen molar-refractivity contribution >= 4 is 17.3 Å². The molecule has 1 rings (SSSR count). The van der Waals surface area contributed by atoms with Gasteiger partial charge in [0.15, 0.2) is 0 Å². The summed E-state index contributed by atoms with van der Waals surface area (Å²) < 4.78 is 0. The second kappa shape index (κ2) is 6.00. The van der Waals surface area contributed by atoms with Gasteiger partial charge in [-0.2, -0.15) is 0 Å². The highest BCUT2D eigenvalue weighted by Crippen LogP contribution is 2.17. The van der Waals surface area contributed by atoms with Crippen LogP contribution in [0, 0.1) is 10.1 Å². The molecule has 6 nitrogen and oxygen atoms in total. The Hall–Kier alpha value is -2.11. The lowest BCUT2D eigenvalue weighted by Gasteiger charge is -2.16. The zero-order valence-corrected chi connectivity index (χ0v) is 10.6. The van der Waals surface area contributed by atoms with E-state index >= 15 is 0 Å². The smallest absolute Gasteiger partial charge is 0.271 e. The van der Waals surface area contributed by atoms with Crippen LogP contribution in [0.4, 0.5) is 11.4 Å². The zero-order valence-electron chi connectivity index (χ0n) is 10.6. The summed E-state index contributed by atoms with van der Waals surface area (Å²) in [6, 6.07) is 5.68. The van der Waals surface area contributed by atoms with Crippen LogP contribution in [0.2, 0.25) is 0 Å². The van der Waals surface area contributed by atoms with Crippen LogP contribution in [0.25, 0.3) is 0 Å². The number of amides is 1. The van der Waals surface area contributed by atoms with E-state index in [-0.39, 0.29) is 17.6 Å². The molecule has 18 heavy (non-hydrogen) atoms. The Kier molecular flexibility index (Phi) is 4.65. The Morgan fingerprint density at radius 1 is 1.33 bits per heavy atom. The number of nitrogens with zero attached hydrogens (tertiary/aromatic N) is 1. The van der Waals surface area contributed by atoms with Gasteiger partial charge in [0.05, 0.1) is 4.92 Å². The fourth-order valence-corrected chi connectivity index (χ4v) is 1.43. The highest BCUT2D eigenvalue weighted by molar-refractivity contribution is 5.84. The predicted octanol–water partition coefficient (Wildman–Crippen LogP) is 1.92. The minimum Gasteiger partial charge on any atom is -0.374 e. The summed E-state index contributed by atoms with van der Waals surface area (Å²) in [6.07, 6.45) is 0. The van der Waals surface area contributed by atoms with E-state index in [2.05, 4.69) is 10.6 Å². The van der Waals surface area contributed by atoms with Crippen molar-refractivity contribution in [1.82, 2.24) is 5.32 Å². The van der Waals surface area contributed by atoms with Crippen LogP contribution in [-0.4, -0.2) is 22.9 Å². The van der Waals surface area contributed by atoms with Crippen LogP contribution in [0.1, 0.15) is 20.8 Å². The van der Waals surface area contributed by atoms with Gasteiger partial charge < -0.3 is 10.6 Å². The van der Waals surface area contributed by atoms with Gasteiger partial charge in [-0.15, -0.1) is 0 Å². The molecule has 1 amide bonds. The molecule has 1 unspecified atom stereocenters. The third-order valence-electron chi connectivity index (χ3n) is 2.26. The molecule has 98 valence electrons. The number of carbonyl (C=O) groups is 1. The Morgan fingerprint density at radius 2 is 2.00 bits per heavy atom. The Bertz CT molecular complexity index is 446. The summed E-state index contributed by atoms with van der Waals surface area (Å²) in [5.41, 5.74) is 0.548. The molecule has 0 radical (unpaired) electrons. The predicted molar refractivity (Wildman–Crippen MR) is 69.5 cm³/mol. The van der Waals surface area contributed by atoms with Crippen LogP contribution in [-0.2, 0) is 4.79 Å². The first-order valence-corrected chi connectivity index (χ1v) is 5.71. The average Bonchev–Trinajstić information content (AvgIpc) is 2.28. The van der Waals surface area contributed by atoms with Gasteiger partial charge in [-0.3, -0.25) is 14.9 Å². The Labute approximate surface area is 106 Å². The highest BCUT2D eigenvalue weighted by Gasteiger charge is 2.14. The molecule has 0 fully saturated rings. The van der Waals surface area contributed by atoms with Gasteiger partial charge in [0.1, 0.15) is 6.04 Å². The molecule has 0 aromatic heterocycles. The number of nitro benzene ring substituents is 1. The molecule has 1 aromatic rings. The number of carbonyl (C=O) groups excluding carboxylic acids is 1. The SMILES string of the molecule is CC(C)NC(=O)C(C)Nc1cccc([N+](=O)[O-])c1. The molecular formula is C12H17N3O3. The van der Waals surface area contributed by atoms with Crippen molar-refractivity contribution in [3.8, 4) is 0 Å². The lowest BCUT2D eigenvalue weighted by Crippen LogP contribution is -2.40. The molecule has 1 aromatic carbocycles. The molecule has 0 saturated heterocycles. The number of anilines is 1. The van der Waals surface area contributed by atoms with Crippen molar-refractivity contribution in [2.45, 2.75) is 32.9 Å². The molecule has 6 heteroatoms.